The van der Waals surface area contributed by atoms with Gasteiger partial charge in [-0.25, -0.2) is 0 Å². The Morgan fingerprint density at radius 3 is 2.43 bits per heavy atom. The highest BCUT2D eigenvalue weighted by Gasteiger charge is 2.21. The third-order valence-electron chi connectivity index (χ3n) is 2.11. The minimum atomic E-state index is -1.37. The molecule has 14 heavy (non-hydrogen) atoms. The molecule has 1 rings (SSSR count). The second-order valence-electron chi connectivity index (χ2n) is 3.45. The fourth-order valence-electron chi connectivity index (χ4n) is 0.940. The molecule has 1 aromatic carbocycles. The van der Waals surface area contributed by atoms with E-state index in [0.29, 0.717) is 0 Å². The van der Waals surface area contributed by atoms with Gasteiger partial charge in [0, 0.05) is 0 Å². The number of Topliss-reactive ketones (excluding diaryl/α,β-unsaturated/α-hetero) is 1. The van der Waals surface area contributed by atoms with Crippen LogP contribution < -0.4 is 0 Å². The minimum Gasteiger partial charge on any atom is -0.378 e. The summed E-state index contributed by atoms with van der Waals surface area (Å²) in [5, 5.41) is 9.62. The molecule has 0 aliphatic heterocycles. The van der Waals surface area contributed by atoms with Gasteiger partial charge in [0.1, 0.15) is 5.60 Å². The van der Waals surface area contributed by atoms with Gasteiger partial charge in [-0.2, -0.15) is 0 Å². The molecule has 1 N–H and O–H groups in total. The lowest BCUT2D eigenvalue weighted by Gasteiger charge is -2.13. The normalized spacial score (nSPS) is 15.4. The largest absolute Gasteiger partial charge is 0.378 e. The van der Waals surface area contributed by atoms with Crippen molar-refractivity contribution in [2.75, 3.05) is 0 Å². The molecule has 0 aliphatic rings. The van der Waals surface area contributed by atoms with Gasteiger partial charge in [-0.1, -0.05) is 36.4 Å². The zero-order valence-electron chi connectivity index (χ0n) is 8.40. The van der Waals surface area contributed by atoms with E-state index in [4.69, 9.17) is 0 Å². The molecule has 74 valence electrons. The number of hydrogen-bond acceptors (Lipinski definition) is 2. The van der Waals surface area contributed by atoms with Gasteiger partial charge in [-0.15, -0.1) is 0 Å². The zero-order chi connectivity index (χ0) is 10.6. The lowest BCUT2D eigenvalue weighted by Crippen LogP contribution is -2.29. The molecule has 0 bridgehead atoms. The molecular formula is C12H14O2. The second kappa shape index (κ2) is 4.20. The fraction of sp³-hybridized carbons (Fsp3) is 0.250. The van der Waals surface area contributed by atoms with Crippen molar-refractivity contribution in [3.8, 4) is 0 Å². The van der Waals surface area contributed by atoms with E-state index < -0.39 is 5.60 Å². The highest BCUT2D eigenvalue weighted by atomic mass is 16.3. The van der Waals surface area contributed by atoms with Crippen LogP contribution in [0.25, 0.3) is 6.08 Å². The third-order valence-corrected chi connectivity index (χ3v) is 2.11. The maximum absolute atomic E-state index is 11.0. The van der Waals surface area contributed by atoms with Gasteiger partial charge in [0.15, 0.2) is 5.78 Å². The Labute approximate surface area is 83.9 Å². The van der Waals surface area contributed by atoms with E-state index in [1.807, 2.05) is 30.3 Å². The first-order chi connectivity index (χ1) is 6.52. The molecule has 2 heteroatoms. The predicted molar refractivity (Wildman–Crippen MR) is 56.8 cm³/mol. The van der Waals surface area contributed by atoms with Crippen molar-refractivity contribution in [2.24, 2.45) is 0 Å². The molecule has 0 spiro atoms. The smallest absolute Gasteiger partial charge is 0.164 e. The maximum atomic E-state index is 11.0. The van der Waals surface area contributed by atoms with E-state index in [9.17, 15) is 9.90 Å². The molecule has 1 unspecified atom stereocenters. The quantitative estimate of drug-likeness (QED) is 0.792. The topological polar surface area (TPSA) is 37.3 Å². The van der Waals surface area contributed by atoms with Crippen LogP contribution in [0, 0.1) is 0 Å². The van der Waals surface area contributed by atoms with E-state index in [2.05, 4.69) is 0 Å². The van der Waals surface area contributed by atoms with Crippen LogP contribution in [0.2, 0.25) is 0 Å². The molecule has 0 saturated carbocycles. The van der Waals surface area contributed by atoms with Crippen LogP contribution in [0.1, 0.15) is 19.4 Å². The molecule has 1 aromatic rings. The molecule has 0 aliphatic carbocycles. The van der Waals surface area contributed by atoms with E-state index in [1.54, 1.807) is 6.08 Å². The standard InChI is InChI=1S/C12H14O2/c1-10(13)12(2,14)9-8-11-6-4-3-5-7-11/h3-9,14H,1-2H3. The number of rotatable bonds is 3. The molecule has 0 saturated heterocycles. The van der Waals surface area contributed by atoms with E-state index in [0.717, 1.165) is 5.56 Å². The Kier molecular flexibility index (Phi) is 3.20. The van der Waals surface area contributed by atoms with Crippen molar-refractivity contribution in [1.29, 1.82) is 0 Å². The van der Waals surface area contributed by atoms with Crippen LogP contribution in [-0.2, 0) is 4.79 Å². The number of benzene rings is 1. The fourth-order valence-corrected chi connectivity index (χ4v) is 0.940. The first-order valence-electron chi connectivity index (χ1n) is 4.50. The van der Waals surface area contributed by atoms with Gasteiger partial charge in [0.25, 0.3) is 0 Å². The van der Waals surface area contributed by atoms with Crippen molar-refractivity contribution in [3.05, 3.63) is 42.0 Å². The third kappa shape index (κ3) is 2.82. The summed E-state index contributed by atoms with van der Waals surface area (Å²) in [6, 6.07) is 9.55. The summed E-state index contributed by atoms with van der Waals surface area (Å²) >= 11 is 0. The number of carbonyl (C=O) groups is 1. The summed E-state index contributed by atoms with van der Waals surface area (Å²) in [6.45, 7) is 2.85. The van der Waals surface area contributed by atoms with Gasteiger partial charge in [0.05, 0.1) is 0 Å². The van der Waals surface area contributed by atoms with Crippen LogP contribution in [0.5, 0.6) is 0 Å². The van der Waals surface area contributed by atoms with Crippen molar-refractivity contribution in [2.45, 2.75) is 19.4 Å². The zero-order valence-corrected chi connectivity index (χ0v) is 8.40. The minimum absolute atomic E-state index is 0.260. The number of aliphatic hydroxyl groups is 1. The predicted octanol–water partition coefficient (Wildman–Crippen LogP) is 2.04. The van der Waals surface area contributed by atoms with Crippen molar-refractivity contribution in [3.63, 3.8) is 0 Å². The monoisotopic (exact) mass is 190 g/mol. The van der Waals surface area contributed by atoms with E-state index in [1.165, 1.54) is 19.9 Å². The Bertz CT molecular complexity index is 337. The lowest BCUT2D eigenvalue weighted by atomic mass is 10.0. The van der Waals surface area contributed by atoms with Gasteiger partial charge in [0.2, 0.25) is 0 Å². The molecule has 0 aromatic heterocycles. The summed E-state index contributed by atoms with van der Waals surface area (Å²) in [5.41, 5.74) is -0.399. The van der Waals surface area contributed by atoms with Gasteiger partial charge in [-0.3, -0.25) is 4.79 Å². The summed E-state index contributed by atoms with van der Waals surface area (Å²) in [7, 11) is 0. The molecule has 2 nitrogen and oxygen atoms in total. The summed E-state index contributed by atoms with van der Waals surface area (Å²) in [5.74, 6) is -0.260. The van der Waals surface area contributed by atoms with Crippen LogP contribution in [0.15, 0.2) is 36.4 Å². The Hall–Kier alpha value is -1.41. The van der Waals surface area contributed by atoms with Gasteiger partial charge in [-0.05, 0) is 25.5 Å². The lowest BCUT2D eigenvalue weighted by molar-refractivity contribution is -0.129. The van der Waals surface area contributed by atoms with Crippen molar-refractivity contribution < 1.29 is 9.90 Å². The molecule has 0 amide bonds. The Morgan fingerprint density at radius 2 is 1.93 bits per heavy atom. The molecule has 1 atom stereocenters. The first-order valence-corrected chi connectivity index (χ1v) is 4.50. The van der Waals surface area contributed by atoms with Crippen LogP contribution in [0.4, 0.5) is 0 Å². The van der Waals surface area contributed by atoms with Crippen LogP contribution in [0.3, 0.4) is 0 Å². The Balaban J connectivity index is 2.79. The Morgan fingerprint density at radius 1 is 1.36 bits per heavy atom. The first kappa shape index (κ1) is 10.7. The van der Waals surface area contributed by atoms with Crippen LogP contribution >= 0.6 is 0 Å². The molecule has 0 heterocycles. The summed E-state index contributed by atoms with van der Waals surface area (Å²) in [6.07, 6.45) is 3.24. The molecule has 0 radical (unpaired) electrons. The van der Waals surface area contributed by atoms with Crippen LogP contribution in [-0.4, -0.2) is 16.5 Å². The number of ketones is 1. The van der Waals surface area contributed by atoms with Crippen molar-refractivity contribution >= 4 is 11.9 Å². The second-order valence-corrected chi connectivity index (χ2v) is 3.45. The molecular weight excluding hydrogens is 176 g/mol. The summed E-state index contributed by atoms with van der Waals surface area (Å²) in [4.78, 5) is 11.0. The van der Waals surface area contributed by atoms with E-state index >= 15 is 0 Å². The average molecular weight is 190 g/mol. The average Bonchev–Trinajstić information content (AvgIpc) is 2.16. The highest BCUT2D eigenvalue weighted by Crippen LogP contribution is 2.10. The van der Waals surface area contributed by atoms with Gasteiger partial charge < -0.3 is 5.11 Å². The highest BCUT2D eigenvalue weighted by molar-refractivity contribution is 5.87. The number of hydrogen-bond donors (Lipinski definition) is 1. The maximum Gasteiger partial charge on any atom is 0.164 e. The number of carbonyl (C=O) groups excluding carboxylic acids is 1. The van der Waals surface area contributed by atoms with Crippen molar-refractivity contribution in [1.82, 2.24) is 0 Å². The van der Waals surface area contributed by atoms with Gasteiger partial charge >= 0.3 is 0 Å². The molecule has 0 fully saturated rings. The SMILES string of the molecule is CC(=O)C(C)(O)C=Cc1ccccc1. The summed E-state index contributed by atoms with van der Waals surface area (Å²) < 4.78 is 0. The van der Waals surface area contributed by atoms with E-state index in [-0.39, 0.29) is 5.78 Å².